The minimum absolute atomic E-state index is 0. The van der Waals surface area contributed by atoms with E-state index < -0.39 is 27.9 Å². The third-order valence-corrected chi connectivity index (χ3v) is 7.57. The molecule has 1 atom stereocenters. The van der Waals surface area contributed by atoms with Crippen LogP contribution in [0.2, 0.25) is 0 Å². The number of thiazole rings is 1. The van der Waals surface area contributed by atoms with Gasteiger partial charge in [-0.2, -0.15) is 0 Å². The second-order valence-electron chi connectivity index (χ2n) is 7.19. The molecule has 0 aliphatic carbocycles. The van der Waals surface area contributed by atoms with Gasteiger partial charge < -0.3 is 4.84 Å². The molecule has 12 heteroatoms. The molecule has 174 valence electrons. The highest BCUT2D eigenvalue weighted by Crippen LogP contribution is 2.32. The molecule has 2 aromatic rings. The van der Waals surface area contributed by atoms with Crippen LogP contribution in [-0.4, -0.2) is 61.7 Å². The van der Waals surface area contributed by atoms with Crippen molar-refractivity contribution in [2.45, 2.75) is 31.2 Å². The molecule has 0 N–H and O–H groups in total. The first-order chi connectivity index (χ1) is 14.6. The van der Waals surface area contributed by atoms with Gasteiger partial charge in [0.2, 0.25) is 5.13 Å². The van der Waals surface area contributed by atoms with Gasteiger partial charge >= 0.3 is 11.9 Å². The molecule has 1 aromatic heterocycles. The predicted molar refractivity (Wildman–Crippen MR) is 125 cm³/mol. The first-order valence-corrected chi connectivity index (χ1v) is 11.8. The predicted octanol–water partition coefficient (Wildman–Crippen LogP) is 2.68. The largest absolute Gasteiger partial charge is 0.350 e. The molecule has 32 heavy (non-hydrogen) atoms. The minimum atomic E-state index is -3.94. The van der Waals surface area contributed by atoms with Crippen molar-refractivity contribution in [2.75, 3.05) is 26.2 Å². The summed E-state index contributed by atoms with van der Waals surface area (Å²) in [6.45, 7) is 3.62. The van der Waals surface area contributed by atoms with Crippen molar-refractivity contribution in [3.8, 4) is 0 Å². The molecular formula is C20H25ClN4O5S2. The van der Waals surface area contributed by atoms with Crippen molar-refractivity contribution in [1.82, 2.24) is 14.2 Å². The minimum Gasteiger partial charge on any atom is -0.329 e. The monoisotopic (exact) mass is 500 g/mol. The van der Waals surface area contributed by atoms with E-state index in [0.717, 1.165) is 25.6 Å². The Bertz CT molecular complexity index is 1150. The van der Waals surface area contributed by atoms with E-state index in [4.69, 9.17) is 4.84 Å². The number of hydroxylamine groups is 1. The fraction of sp³-hybridized carbons (Fsp3) is 0.350. The van der Waals surface area contributed by atoms with Crippen molar-refractivity contribution < 1.29 is 22.8 Å². The highest BCUT2D eigenvalue weighted by Gasteiger charge is 2.38. The number of fused-ring (bicyclic) bond motifs is 1. The molecule has 1 aliphatic heterocycles. The van der Waals surface area contributed by atoms with Crippen molar-refractivity contribution in [1.29, 1.82) is 0 Å². The number of amides is 1. The van der Waals surface area contributed by atoms with Crippen molar-refractivity contribution >= 4 is 56.9 Å². The Hall–Kier alpha value is -2.47. The molecule has 1 unspecified atom stereocenters. The van der Waals surface area contributed by atoms with Crippen LogP contribution in [0, 0.1) is 6.92 Å². The first kappa shape index (κ1) is 25.8. The lowest BCUT2D eigenvalue weighted by Crippen LogP contribution is -2.45. The zero-order valence-electron chi connectivity index (χ0n) is 18.3. The van der Waals surface area contributed by atoms with Gasteiger partial charge in [0.1, 0.15) is 11.7 Å². The van der Waals surface area contributed by atoms with Crippen LogP contribution >= 0.6 is 23.7 Å². The molecule has 9 nitrogen and oxygen atoms in total. The van der Waals surface area contributed by atoms with Gasteiger partial charge in [-0.05, 0) is 45.1 Å². The topological polar surface area (TPSA) is 100 Å². The van der Waals surface area contributed by atoms with E-state index in [1.165, 1.54) is 19.2 Å². The summed E-state index contributed by atoms with van der Waals surface area (Å²) in [5.74, 6) is -1.45. The van der Waals surface area contributed by atoms with Crippen LogP contribution in [0.25, 0.3) is 6.08 Å². The van der Waals surface area contributed by atoms with E-state index in [9.17, 15) is 18.0 Å². The molecule has 0 bridgehead atoms. The average Bonchev–Trinajstić information content (AvgIpc) is 3.15. The number of benzene rings is 1. The summed E-state index contributed by atoms with van der Waals surface area (Å²) in [6.07, 6.45) is 3.47. The number of halogens is 1. The molecule has 3 rings (SSSR count). The molecule has 1 amide bonds. The molecule has 1 aromatic carbocycles. The number of anilines is 1. The summed E-state index contributed by atoms with van der Waals surface area (Å²) in [5.41, 5.74) is 0.225. The Kier molecular flexibility index (Phi) is 8.05. The highest BCUT2D eigenvalue weighted by molar-refractivity contribution is 7.89. The van der Waals surface area contributed by atoms with Crippen molar-refractivity contribution in [3.63, 3.8) is 0 Å². The van der Waals surface area contributed by atoms with Crippen LogP contribution in [0.1, 0.15) is 23.8 Å². The number of aromatic nitrogens is 1. The summed E-state index contributed by atoms with van der Waals surface area (Å²) >= 11 is 1.15. The average molecular weight is 501 g/mol. The zero-order chi connectivity index (χ0) is 22.9. The molecular weight excluding hydrogens is 476 g/mol. The lowest BCUT2D eigenvalue weighted by molar-refractivity contribution is -0.154. The van der Waals surface area contributed by atoms with Gasteiger partial charge in [0.05, 0.1) is 4.90 Å². The van der Waals surface area contributed by atoms with Crippen LogP contribution < -0.4 is 5.06 Å². The first-order valence-electron chi connectivity index (χ1n) is 9.52. The lowest BCUT2D eigenvalue weighted by Gasteiger charge is -2.30. The Morgan fingerprint density at radius 1 is 1.25 bits per heavy atom. The van der Waals surface area contributed by atoms with Gasteiger partial charge in [-0.15, -0.1) is 17.5 Å². The van der Waals surface area contributed by atoms with Crippen LogP contribution in [0.5, 0.6) is 0 Å². The maximum atomic E-state index is 13.5. The zero-order valence-corrected chi connectivity index (χ0v) is 20.8. The number of hydrogen-bond donors (Lipinski definition) is 0. The number of likely N-dealkylation sites (N-methyl/N-ethyl adjacent to an activating group) is 2. The van der Waals surface area contributed by atoms with Crippen molar-refractivity contribution in [3.05, 3.63) is 46.6 Å². The molecule has 1 aliphatic rings. The molecule has 0 fully saturated rings. The number of rotatable bonds is 5. The molecule has 0 spiro atoms. The van der Waals surface area contributed by atoms with Crippen LogP contribution in [0.4, 0.5) is 5.13 Å². The molecule has 0 saturated heterocycles. The van der Waals surface area contributed by atoms with E-state index in [-0.39, 0.29) is 28.1 Å². The number of nitrogens with zero attached hydrogens (tertiary/aromatic N) is 4. The van der Waals surface area contributed by atoms with Crippen molar-refractivity contribution in [2.24, 2.45) is 0 Å². The summed E-state index contributed by atoms with van der Waals surface area (Å²) < 4.78 is 26.8. The van der Waals surface area contributed by atoms with E-state index in [1.807, 2.05) is 6.92 Å². The fourth-order valence-corrected chi connectivity index (χ4v) is 5.21. The quantitative estimate of drug-likeness (QED) is 0.582. The smallest absolute Gasteiger partial charge is 0.329 e. The van der Waals surface area contributed by atoms with Gasteiger partial charge in [0.15, 0.2) is 0 Å². The van der Waals surface area contributed by atoms with E-state index in [2.05, 4.69) is 4.98 Å². The SMILES string of the molecule is CCC(C(=O)ON(C(=O)C1=Cc2ccccc2S(=O)(=O)N1C)c1ncc(C)s1)N(C)C.Cl. The highest BCUT2D eigenvalue weighted by atomic mass is 35.5. The fourth-order valence-electron chi connectivity index (χ4n) is 3.15. The number of hydrogen-bond acceptors (Lipinski definition) is 8. The van der Waals surface area contributed by atoms with E-state index >= 15 is 0 Å². The Morgan fingerprint density at radius 2 is 1.91 bits per heavy atom. The van der Waals surface area contributed by atoms with Gasteiger partial charge in [-0.3, -0.25) is 14.0 Å². The van der Waals surface area contributed by atoms with E-state index in [1.54, 1.807) is 50.3 Å². The number of carbonyl (C=O) groups excluding carboxylic acids is 2. The number of sulfonamides is 1. The number of carbonyl (C=O) groups is 2. The third-order valence-electron chi connectivity index (χ3n) is 4.84. The van der Waals surface area contributed by atoms with Gasteiger partial charge in [0.25, 0.3) is 10.0 Å². The van der Waals surface area contributed by atoms with Crippen LogP contribution in [0.15, 0.2) is 41.1 Å². The Labute approximate surface area is 197 Å². The second-order valence-corrected chi connectivity index (χ2v) is 10.3. The van der Waals surface area contributed by atoms with Crippen LogP contribution in [0.3, 0.4) is 0 Å². The molecule has 0 radical (unpaired) electrons. The van der Waals surface area contributed by atoms with Gasteiger partial charge in [0, 0.05) is 18.1 Å². The third kappa shape index (κ3) is 4.80. The summed E-state index contributed by atoms with van der Waals surface area (Å²) in [7, 11) is 0.816. The summed E-state index contributed by atoms with van der Waals surface area (Å²) in [6, 6.07) is 5.80. The summed E-state index contributed by atoms with van der Waals surface area (Å²) in [4.78, 5) is 38.4. The maximum Gasteiger partial charge on any atom is 0.350 e. The Balaban J connectivity index is 0.00000363. The number of aryl methyl sites for hydroxylation is 1. The van der Waals surface area contributed by atoms with Gasteiger partial charge in [-0.1, -0.05) is 36.5 Å². The molecule has 2 heterocycles. The molecule has 0 saturated carbocycles. The second kappa shape index (κ2) is 9.99. The summed E-state index contributed by atoms with van der Waals surface area (Å²) in [5, 5.41) is 0.910. The normalized spacial score (nSPS) is 15.3. The van der Waals surface area contributed by atoms with E-state index in [0.29, 0.717) is 12.0 Å². The standard InChI is InChI=1S/C20H24N4O5S2.ClH/c1-6-15(22(3)4)19(26)29-24(20-21-12-13(2)30-20)18(25)16-11-14-9-7-8-10-17(14)31(27,28)23(16)5;/h7-12,15H,6H2,1-5H3;1H. The Morgan fingerprint density at radius 3 is 2.47 bits per heavy atom. The van der Waals surface area contributed by atoms with Gasteiger partial charge in [-0.25, -0.2) is 18.2 Å². The maximum absolute atomic E-state index is 13.5. The lowest BCUT2D eigenvalue weighted by atomic mass is 10.2. The van der Waals surface area contributed by atoms with Crippen LogP contribution in [-0.2, 0) is 24.4 Å².